The Morgan fingerprint density at radius 2 is 2.22 bits per heavy atom. The molecule has 1 heterocycles. The van der Waals surface area contributed by atoms with Crippen LogP contribution in [0.1, 0.15) is 40.0 Å². The van der Waals surface area contributed by atoms with Gasteiger partial charge in [-0.05, 0) is 46.1 Å². The molecule has 0 amide bonds. The van der Waals surface area contributed by atoms with E-state index in [1.165, 1.54) is 13.0 Å². The lowest BCUT2D eigenvalue weighted by molar-refractivity contribution is -0.409. The van der Waals surface area contributed by atoms with Crippen molar-refractivity contribution in [3.8, 4) is 0 Å². The van der Waals surface area contributed by atoms with Gasteiger partial charge in [0.15, 0.2) is 5.78 Å². The van der Waals surface area contributed by atoms with Crippen LogP contribution in [-0.4, -0.2) is 28.6 Å². The van der Waals surface area contributed by atoms with Crippen molar-refractivity contribution in [3.05, 3.63) is 12.2 Å². The number of aliphatic carboxylic acids is 1. The molecule has 18 heavy (non-hydrogen) atoms. The Morgan fingerprint density at radius 1 is 1.56 bits per heavy atom. The number of carbonyl (C=O) groups excluding carboxylic acids is 1. The van der Waals surface area contributed by atoms with Crippen LogP contribution in [0.4, 0.5) is 0 Å². The fourth-order valence-electron chi connectivity index (χ4n) is 1.82. The predicted molar refractivity (Wildman–Crippen MR) is 64.8 cm³/mol. The summed E-state index contributed by atoms with van der Waals surface area (Å²) in [6, 6.07) is 0. The second kappa shape index (κ2) is 6.11. The molecule has 1 N–H and O–H groups in total. The van der Waals surface area contributed by atoms with E-state index in [-0.39, 0.29) is 5.78 Å². The minimum Gasteiger partial charge on any atom is -0.481 e. The smallest absolute Gasteiger partial charge is 0.308 e. The first-order valence-corrected chi connectivity index (χ1v) is 6.08. The van der Waals surface area contributed by atoms with Gasteiger partial charge in [0.05, 0.1) is 5.92 Å². The fraction of sp³-hybridized carbons (Fsp3) is 0.692. The molecule has 1 aliphatic rings. The van der Waals surface area contributed by atoms with Crippen LogP contribution in [0, 0.1) is 5.92 Å². The van der Waals surface area contributed by atoms with Crippen molar-refractivity contribution in [3.63, 3.8) is 0 Å². The van der Waals surface area contributed by atoms with Crippen LogP contribution in [-0.2, 0) is 19.4 Å². The zero-order chi connectivity index (χ0) is 13.8. The third-order valence-corrected chi connectivity index (χ3v) is 3.18. The SMILES string of the molecule is CC(=O)C=CCC1(C)CCC(C(C)C(=O)O)OO1. The number of hydrogen-bond donors (Lipinski definition) is 1. The summed E-state index contributed by atoms with van der Waals surface area (Å²) in [5, 5.41) is 8.88. The van der Waals surface area contributed by atoms with Crippen molar-refractivity contribution < 1.29 is 24.5 Å². The van der Waals surface area contributed by atoms with Crippen molar-refractivity contribution in [2.24, 2.45) is 5.92 Å². The first kappa shape index (κ1) is 14.9. The average molecular weight is 256 g/mol. The van der Waals surface area contributed by atoms with E-state index in [2.05, 4.69) is 0 Å². The van der Waals surface area contributed by atoms with Crippen molar-refractivity contribution in [1.82, 2.24) is 0 Å². The summed E-state index contributed by atoms with van der Waals surface area (Å²) in [5.74, 6) is -1.47. The lowest BCUT2D eigenvalue weighted by Crippen LogP contribution is -2.41. The maximum atomic E-state index is 10.8. The number of hydrogen-bond acceptors (Lipinski definition) is 4. The fourth-order valence-corrected chi connectivity index (χ4v) is 1.82. The lowest BCUT2D eigenvalue weighted by Gasteiger charge is -2.36. The van der Waals surface area contributed by atoms with Crippen molar-refractivity contribution in [1.29, 1.82) is 0 Å². The highest BCUT2D eigenvalue weighted by Gasteiger charge is 2.37. The summed E-state index contributed by atoms with van der Waals surface area (Å²) in [6.07, 6.45) is 4.76. The van der Waals surface area contributed by atoms with Gasteiger partial charge in [0.2, 0.25) is 0 Å². The van der Waals surface area contributed by atoms with Crippen molar-refractivity contribution in [2.75, 3.05) is 0 Å². The van der Waals surface area contributed by atoms with Crippen LogP contribution in [0.3, 0.4) is 0 Å². The van der Waals surface area contributed by atoms with E-state index < -0.39 is 23.6 Å². The molecule has 0 saturated carbocycles. The number of carboxylic acids is 1. The number of carboxylic acid groups (broad SMARTS) is 1. The Morgan fingerprint density at radius 3 is 2.67 bits per heavy atom. The highest BCUT2D eigenvalue weighted by Crippen LogP contribution is 2.32. The summed E-state index contributed by atoms with van der Waals surface area (Å²) < 4.78 is 0. The van der Waals surface area contributed by atoms with Crippen LogP contribution in [0.15, 0.2) is 12.2 Å². The van der Waals surface area contributed by atoms with E-state index >= 15 is 0 Å². The van der Waals surface area contributed by atoms with Crippen LogP contribution >= 0.6 is 0 Å². The van der Waals surface area contributed by atoms with E-state index in [1.807, 2.05) is 6.92 Å². The molecule has 1 aliphatic heterocycles. The van der Waals surface area contributed by atoms with Crippen LogP contribution in [0.25, 0.3) is 0 Å². The van der Waals surface area contributed by atoms with Crippen molar-refractivity contribution >= 4 is 11.8 Å². The van der Waals surface area contributed by atoms with Gasteiger partial charge in [-0.1, -0.05) is 6.08 Å². The summed E-state index contributed by atoms with van der Waals surface area (Å²) in [7, 11) is 0. The predicted octanol–water partition coefficient (Wildman–Crippen LogP) is 2.11. The Kier molecular flexibility index (Phi) is 5.04. The van der Waals surface area contributed by atoms with Crippen LogP contribution < -0.4 is 0 Å². The zero-order valence-corrected chi connectivity index (χ0v) is 11.0. The third kappa shape index (κ3) is 4.23. The van der Waals surface area contributed by atoms with Crippen LogP contribution in [0.5, 0.6) is 0 Å². The molecule has 0 spiro atoms. The van der Waals surface area contributed by atoms with Gasteiger partial charge in [-0.2, -0.15) is 0 Å². The Labute approximate surface area is 107 Å². The van der Waals surface area contributed by atoms with E-state index in [0.717, 1.165) is 0 Å². The van der Waals surface area contributed by atoms with Gasteiger partial charge in [-0.3, -0.25) is 9.59 Å². The molecule has 0 aromatic carbocycles. The molecule has 1 rings (SSSR count). The second-order valence-electron chi connectivity index (χ2n) is 5.05. The molecule has 0 aliphatic carbocycles. The highest BCUT2D eigenvalue weighted by atomic mass is 17.2. The minimum absolute atomic E-state index is 0.00676. The zero-order valence-electron chi connectivity index (χ0n) is 11.0. The number of rotatable bonds is 5. The molecule has 0 radical (unpaired) electrons. The summed E-state index contributed by atoms with van der Waals surface area (Å²) in [6.45, 7) is 4.98. The molecule has 0 aromatic rings. The van der Waals surface area contributed by atoms with Gasteiger partial charge in [-0.25, -0.2) is 9.78 Å². The van der Waals surface area contributed by atoms with Gasteiger partial charge in [-0.15, -0.1) is 0 Å². The normalized spacial score (nSPS) is 30.3. The first-order valence-electron chi connectivity index (χ1n) is 6.08. The number of ketones is 1. The first-order chi connectivity index (χ1) is 8.34. The van der Waals surface area contributed by atoms with E-state index in [1.54, 1.807) is 13.0 Å². The Hall–Kier alpha value is -1.20. The third-order valence-electron chi connectivity index (χ3n) is 3.18. The van der Waals surface area contributed by atoms with Gasteiger partial charge in [0.1, 0.15) is 11.7 Å². The molecular formula is C13H20O5. The Balaban J connectivity index is 2.46. The topological polar surface area (TPSA) is 72.8 Å². The minimum atomic E-state index is -0.885. The molecule has 5 nitrogen and oxygen atoms in total. The molecule has 1 fully saturated rings. The van der Waals surface area contributed by atoms with E-state index in [9.17, 15) is 9.59 Å². The standard InChI is InChI=1S/C13H20O5/c1-9(14)5-4-7-13(3)8-6-11(17-18-13)10(2)12(15)16/h4-5,10-11H,6-8H2,1-3H3,(H,15,16). The maximum absolute atomic E-state index is 10.8. The van der Waals surface area contributed by atoms with Gasteiger partial charge in [0, 0.05) is 0 Å². The van der Waals surface area contributed by atoms with E-state index in [4.69, 9.17) is 14.9 Å². The summed E-state index contributed by atoms with van der Waals surface area (Å²) >= 11 is 0. The van der Waals surface area contributed by atoms with Gasteiger partial charge in [0.25, 0.3) is 0 Å². The molecule has 3 unspecified atom stereocenters. The molecule has 1 saturated heterocycles. The maximum Gasteiger partial charge on any atom is 0.308 e. The van der Waals surface area contributed by atoms with Crippen LogP contribution in [0.2, 0.25) is 0 Å². The Bertz CT molecular complexity index is 339. The largest absolute Gasteiger partial charge is 0.481 e. The monoisotopic (exact) mass is 256 g/mol. The van der Waals surface area contributed by atoms with Gasteiger partial charge >= 0.3 is 5.97 Å². The molecule has 5 heteroatoms. The second-order valence-corrected chi connectivity index (χ2v) is 5.05. The quantitative estimate of drug-likeness (QED) is 0.602. The van der Waals surface area contributed by atoms with E-state index in [0.29, 0.717) is 19.3 Å². The molecule has 102 valence electrons. The molecular weight excluding hydrogens is 236 g/mol. The summed E-state index contributed by atoms with van der Waals surface area (Å²) in [5.41, 5.74) is -0.485. The average Bonchev–Trinajstić information content (AvgIpc) is 2.28. The number of carbonyl (C=O) groups is 2. The lowest BCUT2D eigenvalue weighted by atomic mass is 9.90. The molecule has 3 atom stereocenters. The van der Waals surface area contributed by atoms with Gasteiger partial charge < -0.3 is 5.11 Å². The molecule has 0 bridgehead atoms. The summed E-state index contributed by atoms with van der Waals surface area (Å²) in [4.78, 5) is 32.1. The van der Waals surface area contributed by atoms with Crippen molar-refractivity contribution in [2.45, 2.75) is 51.7 Å². The molecule has 0 aromatic heterocycles. The number of allylic oxidation sites excluding steroid dienone is 1. The highest BCUT2D eigenvalue weighted by molar-refractivity contribution is 5.87.